The van der Waals surface area contributed by atoms with Crippen LogP contribution in [0.4, 0.5) is 0 Å². The Bertz CT molecular complexity index is 1180. The van der Waals surface area contributed by atoms with Crippen LogP contribution in [0.5, 0.6) is 5.75 Å². The maximum absolute atomic E-state index is 13.2. The topological polar surface area (TPSA) is 75.5 Å². The summed E-state index contributed by atoms with van der Waals surface area (Å²) in [4.78, 5) is 30.2. The molecule has 0 fully saturated rings. The normalized spacial score (nSPS) is 10.8. The number of hydrogen-bond donors (Lipinski definition) is 1. The summed E-state index contributed by atoms with van der Waals surface area (Å²) in [5.74, 6) is 1.12. The molecule has 0 aliphatic rings. The molecule has 146 valence electrons. The lowest BCUT2D eigenvalue weighted by molar-refractivity contribution is 0.0717. The summed E-state index contributed by atoms with van der Waals surface area (Å²) in [6.45, 7) is 0.413. The number of H-pyrrole nitrogens is 1. The molecule has 0 aliphatic heterocycles. The third-order valence-electron chi connectivity index (χ3n) is 4.74. The first-order chi connectivity index (χ1) is 14.1. The molecular weight excluding hydrogens is 368 g/mol. The summed E-state index contributed by atoms with van der Waals surface area (Å²) < 4.78 is 10.6. The number of aromatic amines is 1. The van der Waals surface area contributed by atoms with E-state index >= 15 is 0 Å². The molecule has 2 aromatic carbocycles. The van der Waals surface area contributed by atoms with Crippen molar-refractivity contribution in [2.45, 2.75) is 13.1 Å². The first-order valence-corrected chi connectivity index (χ1v) is 9.21. The number of carbonyl (C=O) groups excluding carboxylic acids is 1. The number of carbonyl (C=O) groups is 1. The lowest BCUT2D eigenvalue weighted by Crippen LogP contribution is -2.32. The van der Waals surface area contributed by atoms with Crippen molar-refractivity contribution in [3.8, 4) is 5.75 Å². The highest BCUT2D eigenvalue weighted by Gasteiger charge is 2.19. The van der Waals surface area contributed by atoms with E-state index in [0.717, 1.165) is 10.9 Å². The molecule has 0 spiro atoms. The third-order valence-corrected chi connectivity index (χ3v) is 4.74. The summed E-state index contributed by atoms with van der Waals surface area (Å²) in [5, 5.41) is 0.914. The minimum Gasteiger partial charge on any atom is -0.497 e. The van der Waals surface area contributed by atoms with Crippen molar-refractivity contribution in [2.75, 3.05) is 7.11 Å². The van der Waals surface area contributed by atoms with Gasteiger partial charge in [-0.2, -0.15) is 0 Å². The SMILES string of the molecule is COc1ccc(C(=O)N(Cc2ccco2)Cc2cc3ccccc3[nH]c2=O)cc1. The van der Waals surface area contributed by atoms with Gasteiger partial charge in [0.2, 0.25) is 0 Å². The van der Waals surface area contributed by atoms with Crippen LogP contribution in [0, 0.1) is 0 Å². The number of ether oxygens (including phenoxy) is 1. The number of furan rings is 1. The van der Waals surface area contributed by atoms with E-state index in [0.29, 0.717) is 22.6 Å². The van der Waals surface area contributed by atoms with E-state index in [2.05, 4.69) is 4.98 Å². The Hall–Kier alpha value is -3.80. The Kier molecular flexibility index (Phi) is 5.16. The smallest absolute Gasteiger partial charge is 0.254 e. The Morgan fingerprint density at radius 3 is 2.55 bits per heavy atom. The monoisotopic (exact) mass is 388 g/mol. The van der Waals surface area contributed by atoms with Crippen molar-refractivity contribution in [1.82, 2.24) is 9.88 Å². The first-order valence-electron chi connectivity index (χ1n) is 9.21. The van der Waals surface area contributed by atoms with Gasteiger partial charge < -0.3 is 19.0 Å². The first kappa shape index (κ1) is 18.6. The van der Waals surface area contributed by atoms with Gasteiger partial charge in [0.05, 0.1) is 26.5 Å². The lowest BCUT2D eigenvalue weighted by atomic mass is 10.1. The zero-order chi connectivity index (χ0) is 20.2. The molecule has 1 N–H and O–H groups in total. The summed E-state index contributed by atoms with van der Waals surface area (Å²) in [6.07, 6.45) is 1.56. The van der Waals surface area contributed by atoms with Gasteiger partial charge in [-0.3, -0.25) is 9.59 Å². The van der Waals surface area contributed by atoms with Crippen molar-refractivity contribution >= 4 is 16.8 Å². The largest absolute Gasteiger partial charge is 0.497 e. The van der Waals surface area contributed by atoms with Crippen LogP contribution in [0.25, 0.3) is 10.9 Å². The van der Waals surface area contributed by atoms with Crippen molar-refractivity contribution in [3.63, 3.8) is 0 Å². The number of aromatic nitrogens is 1. The maximum Gasteiger partial charge on any atom is 0.254 e. The fraction of sp³-hybridized carbons (Fsp3) is 0.130. The highest BCUT2D eigenvalue weighted by atomic mass is 16.5. The van der Waals surface area contributed by atoms with Crippen molar-refractivity contribution in [2.24, 2.45) is 0 Å². The number of pyridine rings is 1. The molecule has 1 amide bonds. The molecule has 2 aromatic heterocycles. The van der Waals surface area contributed by atoms with Crippen molar-refractivity contribution in [1.29, 1.82) is 0 Å². The number of hydrogen-bond acceptors (Lipinski definition) is 4. The minimum absolute atomic E-state index is 0.158. The fourth-order valence-electron chi connectivity index (χ4n) is 3.22. The molecule has 6 nitrogen and oxygen atoms in total. The predicted molar refractivity (Wildman–Crippen MR) is 110 cm³/mol. The molecule has 4 aromatic rings. The van der Waals surface area contributed by atoms with E-state index in [1.54, 1.807) is 54.7 Å². The Morgan fingerprint density at radius 1 is 1.03 bits per heavy atom. The Balaban J connectivity index is 1.67. The van der Waals surface area contributed by atoms with E-state index in [1.807, 2.05) is 30.3 Å². The molecule has 0 aliphatic carbocycles. The summed E-state index contributed by atoms with van der Waals surface area (Å²) in [6, 6.07) is 19.9. The van der Waals surface area contributed by atoms with E-state index < -0.39 is 0 Å². The number of nitrogens with zero attached hydrogens (tertiary/aromatic N) is 1. The van der Waals surface area contributed by atoms with Gasteiger partial charge in [0.25, 0.3) is 11.5 Å². The number of fused-ring (bicyclic) bond motifs is 1. The predicted octanol–water partition coefficient (Wildman–Crippen LogP) is 3.97. The van der Waals surface area contributed by atoms with E-state index in [-0.39, 0.29) is 24.6 Å². The van der Waals surface area contributed by atoms with Crippen molar-refractivity contribution < 1.29 is 13.9 Å². The molecule has 0 atom stereocenters. The third kappa shape index (κ3) is 4.06. The van der Waals surface area contributed by atoms with Gasteiger partial charge in [0.15, 0.2) is 0 Å². The minimum atomic E-state index is -0.212. The zero-order valence-electron chi connectivity index (χ0n) is 15.9. The van der Waals surface area contributed by atoms with Gasteiger partial charge >= 0.3 is 0 Å². The molecule has 6 heteroatoms. The van der Waals surface area contributed by atoms with Crippen LogP contribution in [-0.4, -0.2) is 22.9 Å². The fourth-order valence-corrected chi connectivity index (χ4v) is 3.22. The molecular formula is C23H20N2O4. The van der Waals surface area contributed by atoms with Crippen LogP contribution in [0.2, 0.25) is 0 Å². The summed E-state index contributed by atoms with van der Waals surface area (Å²) in [5.41, 5.74) is 1.57. The van der Waals surface area contributed by atoms with Gasteiger partial charge in [-0.25, -0.2) is 0 Å². The van der Waals surface area contributed by atoms with Gasteiger partial charge in [-0.15, -0.1) is 0 Å². The zero-order valence-corrected chi connectivity index (χ0v) is 15.9. The number of para-hydroxylation sites is 1. The van der Waals surface area contributed by atoms with Crippen molar-refractivity contribution in [3.05, 3.63) is 100 Å². The van der Waals surface area contributed by atoms with E-state index in [9.17, 15) is 9.59 Å². The quantitative estimate of drug-likeness (QED) is 0.542. The van der Waals surface area contributed by atoms with Crippen LogP contribution >= 0.6 is 0 Å². The van der Waals surface area contributed by atoms with Crippen LogP contribution in [-0.2, 0) is 13.1 Å². The van der Waals surface area contributed by atoms with Crippen LogP contribution in [0.1, 0.15) is 21.7 Å². The summed E-state index contributed by atoms with van der Waals surface area (Å²) >= 11 is 0. The van der Waals surface area contributed by atoms with Gasteiger partial charge in [-0.1, -0.05) is 18.2 Å². The molecule has 29 heavy (non-hydrogen) atoms. The standard InChI is InChI=1S/C23H20N2O4/c1-28-19-10-8-16(9-11-19)23(27)25(15-20-6-4-12-29-20)14-18-13-17-5-2-3-7-21(17)24-22(18)26/h2-13H,14-15H2,1H3,(H,24,26). The van der Waals surface area contributed by atoms with Crippen LogP contribution in [0.3, 0.4) is 0 Å². The number of rotatable bonds is 6. The number of amides is 1. The van der Waals surface area contributed by atoms with Crippen LogP contribution < -0.4 is 10.3 Å². The summed E-state index contributed by atoms with van der Waals surface area (Å²) in [7, 11) is 1.58. The lowest BCUT2D eigenvalue weighted by Gasteiger charge is -2.22. The second kappa shape index (κ2) is 8.06. The Morgan fingerprint density at radius 2 is 1.83 bits per heavy atom. The van der Waals surface area contributed by atoms with E-state index in [4.69, 9.17) is 9.15 Å². The molecule has 0 saturated carbocycles. The van der Waals surface area contributed by atoms with Gasteiger partial charge in [0, 0.05) is 16.6 Å². The average molecular weight is 388 g/mol. The number of nitrogens with one attached hydrogen (secondary N) is 1. The maximum atomic E-state index is 13.2. The molecule has 0 unspecified atom stereocenters. The highest BCUT2D eigenvalue weighted by Crippen LogP contribution is 2.18. The molecule has 2 heterocycles. The second-order valence-corrected chi connectivity index (χ2v) is 6.68. The average Bonchev–Trinajstić information content (AvgIpc) is 3.26. The number of methoxy groups -OCH3 is 1. The van der Waals surface area contributed by atoms with Gasteiger partial charge in [0.1, 0.15) is 11.5 Å². The van der Waals surface area contributed by atoms with Crippen LogP contribution in [0.15, 0.2) is 82.2 Å². The second-order valence-electron chi connectivity index (χ2n) is 6.68. The molecule has 0 bridgehead atoms. The molecule has 0 saturated heterocycles. The van der Waals surface area contributed by atoms with E-state index in [1.165, 1.54) is 0 Å². The number of benzene rings is 2. The Labute approximate surface area is 167 Å². The molecule has 0 radical (unpaired) electrons. The van der Waals surface area contributed by atoms with Gasteiger partial charge in [-0.05, 0) is 53.9 Å². The molecule has 4 rings (SSSR count). The highest BCUT2D eigenvalue weighted by molar-refractivity contribution is 5.94.